The minimum absolute atomic E-state index is 0.303. The molecule has 1 fully saturated rings. The van der Waals surface area contributed by atoms with Crippen molar-refractivity contribution < 1.29 is 5.11 Å². The molecule has 14 heavy (non-hydrogen) atoms. The van der Waals surface area contributed by atoms with E-state index >= 15 is 0 Å². The van der Waals surface area contributed by atoms with E-state index in [1.54, 1.807) is 0 Å². The van der Waals surface area contributed by atoms with Gasteiger partial charge in [0.05, 0.1) is 6.10 Å². The first kappa shape index (κ1) is 9.69. The molecule has 2 heteroatoms. The SMILES string of the molecule is CN1CCC[C@H]1[C@H](O)c1ccccc1. The third-order valence-corrected chi connectivity index (χ3v) is 3.08. The van der Waals surface area contributed by atoms with Crippen LogP contribution in [0.3, 0.4) is 0 Å². The number of benzene rings is 1. The standard InChI is InChI=1S/C12H17NO/c1-13-9-5-8-11(13)12(14)10-6-3-2-4-7-10/h2-4,6-7,11-12,14H,5,8-9H2,1H3/t11-,12+/m0/s1. The van der Waals surface area contributed by atoms with Crippen LogP contribution in [0.25, 0.3) is 0 Å². The van der Waals surface area contributed by atoms with E-state index in [1.807, 2.05) is 30.3 Å². The van der Waals surface area contributed by atoms with Gasteiger partial charge in [0.2, 0.25) is 0 Å². The fourth-order valence-corrected chi connectivity index (χ4v) is 2.21. The lowest BCUT2D eigenvalue weighted by Gasteiger charge is -2.25. The van der Waals surface area contributed by atoms with Gasteiger partial charge in [-0.3, -0.25) is 0 Å². The van der Waals surface area contributed by atoms with Crippen LogP contribution in [0.1, 0.15) is 24.5 Å². The Morgan fingerprint density at radius 2 is 2.07 bits per heavy atom. The van der Waals surface area contributed by atoms with Gasteiger partial charge in [-0.25, -0.2) is 0 Å². The molecule has 1 heterocycles. The summed E-state index contributed by atoms with van der Waals surface area (Å²) in [6, 6.07) is 10.2. The van der Waals surface area contributed by atoms with E-state index < -0.39 is 0 Å². The fraction of sp³-hybridized carbons (Fsp3) is 0.500. The van der Waals surface area contributed by atoms with Crippen LogP contribution >= 0.6 is 0 Å². The Labute approximate surface area is 85.2 Å². The summed E-state index contributed by atoms with van der Waals surface area (Å²) in [4.78, 5) is 2.25. The molecule has 1 N–H and O–H groups in total. The number of aliphatic hydroxyl groups excluding tert-OH is 1. The number of hydrogen-bond donors (Lipinski definition) is 1. The van der Waals surface area contributed by atoms with Crippen LogP contribution in [0.15, 0.2) is 30.3 Å². The van der Waals surface area contributed by atoms with E-state index in [4.69, 9.17) is 0 Å². The number of likely N-dealkylation sites (tertiary alicyclic amines) is 1. The second-order valence-corrected chi connectivity index (χ2v) is 4.05. The van der Waals surface area contributed by atoms with Crippen molar-refractivity contribution in [3.8, 4) is 0 Å². The molecule has 2 rings (SSSR count). The Bertz CT molecular complexity index is 286. The van der Waals surface area contributed by atoms with Crippen LogP contribution in [0.4, 0.5) is 0 Å². The second kappa shape index (κ2) is 4.11. The Morgan fingerprint density at radius 1 is 1.36 bits per heavy atom. The minimum Gasteiger partial charge on any atom is -0.387 e. The zero-order valence-electron chi connectivity index (χ0n) is 8.56. The van der Waals surface area contributed by atoms with Gasteiger partial charge in [-0.1, -0.05) is 30.3 Å². The van der Waals surface area contributed by atoms with E-state index in [0.717, 1.165) is 18.5 Å². The lowest BCUT2D eigenvalue weighted by Crippen LogP contribution is -2.30. The lowest BCUT2D eigenvalue weighted by atomic mass is 10.0. The van der Waals surface area contributed by atoms with Gasteiger partial charge in [0.25, 0.3) is 0 Å². The summed E-state index contributed by atoms with van der Waals surface area (Å²) in [5.74, 6) is 0. The topological polar surface area (TPSA) is 23.5 Å². The van der Waals surface area contributed by atoms with Crippen molar-refractivity contribution in [2.75, 3.05) is 13.6 Å². The third-order valence-electron chi connectivity index (χ3n) is 3.08. The molecule has 76 valence electrons. The summed E-state index contributed by atoms with van der Waals surface area (Å²) in [6.45, 7) is 1.11. The van der Waals surface area contributed by atoms with Gasteiger partial charge in [-0.05, 0) is 32.0 Å². The maximum atomic E-state index is 10.1. The number of rotatable bonds is 2. The highest BCUT2D eigenvalue weighted by Crippen LogP contribution is 2.27. The molecule has 1 aromatic rings. The van der Waals surface area contributed by atoms with Gasteiger partial charge in [0.1, 0.15) is 0 Å². The average Bonchev–Trinajstić information content (AvgIpc) is 2.65. The summed E-state index contributed by atoms with van der Waals surface area (Å²) >= 11 is 0. The molecule has 0 aliphatic carbocycles. The monoisotopic (exact) mass is 191 g/mol. The van der Waals surface area contributed by atoms with Crippen molar-refractivity contribution in [3.63, 3.8) is 0 Å². The highest BCUT2D eigenvalue weighted by Gasteiger charge is 2.28. The molecular formula is C12H17NO. The molecule has 2 atom stereocenters. The average molecular weight is 191 g/mol. The van der Waals surface area contributed by atoms with E-state index in [0.29, 0.717) is 6.04 Å². The Morgan fingerprint density at radius 3 is 2.64 bits per heavy atom. The van der Waals surface area contributed by atoms with Crippen molar-refractivity contribution in [2.24, 2.45) is 0 Å². The number of hydrogen-bond acceptors (Lipinski definition) is 2. The van der Waals surface area contributed by atoms with E-state index in [1.165, 1.54) is 6.42 Å². The van der Waals surface area contributed by atoms with Crippen LogP contribution in [0, 0.1) is 0 Å². The predicted octanol–water partition coefficient (Wildman–Crippen LogP) is 1.81. The van der Waals surface area contributed by atoms with Gasteiger partial charge in [0.15, 0.2) is 0 Å². The maximum absolute atomic E-state index is 10.1. The molecule has 1 saturated heterocycles. The second-order valence-electron chi connectivity index (χ2n) is 4.05. The number of aliphatic hydroxyl groups is 1. The van der Waals surface area contributed by atoms with Crippen LogP contribution in [-0.4, -0.2) is 29.6 Å². The van der Waals surface area contributed by atoms with Crippen molar-refractivity contribution in [2.45, 2.75) is 25.0 Å². The van der Waals surface area contributed by atoms with E-state index in [9.17, 15) is 5.11 Å². The minimum atomic E-state index is -0.330. The third kappa shape index (κ3) is 1.81. The lowest BCUT2D eigenvalue weighted by molar-refractivity contribution is 0.0857. The van der Waals surface area contributed by atoms with Crippen LogP contribution in [0.5, 0.6) is 0 Å². The van der Waals surface area contributed by atoms with E-state index in [2.05, 4.69) is 11.9 Å². The van der Waals surface area contributed by atoms with Crippen LogP contribution < -0.4 is 0 Å². The van der Waals surface area contributed by atoms with Crippen LogP contribution in [-0.2, 0) is 0 Å². The first-order valence-corrected chi connectivity index (χ1v) is 5.22. The van der Waals surface area contributed by atoms with Gasteiger partial charge in [0, 0.05) is 6.04 Å². The fourth-order valence-electron chi connectivity index (χ4n) is 2.21. The first-order valence-electron chi connectivity index (χ1n) is 5.22. The molecule has 1 aliphatic heterocycles. The van der Waals surface area contributed by atoms with Gasteiger partial charge in [-0.2, -0.15) is 0 Å². The van der Waals surface area contributed by atoms with E-state index in [-0.39, 0.29) is 6.10 Å². The molecule has 0 aromatic heterocycles. The first-order chi connectivity index (χ1) is 6.79. The smallest absolute Gasteiger partial charge is 0.0945 e. The Hall–Kier alpha value is -0.860. The summed E-state index contributed by atoms with van der Waals surface area (Å²) in [7, 11) is 2.09. The molecule has 1 aromatic carbocycles. The summed E-state index contributed by atoms with van der Waals surface area (Å²) in [5.41, 5.74) is 1.03. The van der Waals surface area contributed by atoms with Gasteiger partial charge < -0.3 is 10.0 Å². The highest BCUT2D eigenvalue weighted by molar-refractivity contribution is 5.19. The quantitative estimate of drug-likeness (QED) is 0.770. The number of likely N-dealkylation sites (N-methyl/N-ethyl adjacent to an activating group) is 1. The normalized spacial score (nSPS) is 25.1. The molecule has 0 bridgehead atoms. The van der Waals surface area contributed by atoms with Crippen LogP contribution in [0.2, 0.25) is 0 Å². The number of nitrogens with zero attached hydrogens (tertiary/aromatic N) is 1. The van der Waals surface area contributed by atoms with Crippen molar-refractivity contribution in [1.29, 1.82) is 0 Å². The molecule has 1 aliphatic rings. The zero-order valence-corrected chi connectivity index (χ0v) is 8.56. The maximum Gasteiger partial charge on any atom is 0.0945 e. The molecule has 0 saturated carbocycles. The van der Waals surface area contributed by atoms with Crippen molar-refractivity contribution in [1.82, 2.24) is 4.90 Å². The van der Waals surface area contributed by atoms with Gasteiger partial charge >= 0.3 is 0 Å². The Kier molecular flexibility index (Phi) is 2.85. The highest BCUT2D eigenvalue weighted by atomic mass is 16.3. The van der Waals surface area contributed by atoms with Crippen molar-refractivity contribution in [3.05, 3.63) is 35.9 Å². The molecule has 0 spiro atoms. The molecule has 0 amide bonds. The summed E-state index contributed by atoms with van der Waals surface area (Å²) in [5, 5.41) is 10.1. The Balaban J connectivity index is 2.12. The molecule has 0 radical (unpaired) electrons. The largest absolute Gasteiger partial charge is 0.387 e. The predicted molar refractivity (Wildman–Crippen MR) is 57.1 cm³/mol. The van der Waals surface area contributed by atoms with Crippen molar-refractivity contribution >= 4 is 0 Å². The summed E-state index contributed by atoms with van der Waals surface area (Å²) < 4.78 is 0. The molecule has 0 unspecified atom stereocenters. The van der Waals surface area contributed by atoms with Gasteiger partial charge in [-0.15, -0.1) is 0 Å². The molecular weight excluding hydrogens is 174 g/mol. The zero-order chi connectivity index (χ0) is 9.97. The molecule has 2 nitrogen and oxygen atoms in total. The summed E-state index contributed by atoms with van der Waals surface area (Å²) in [6.07, 6.45) is 1.97.